The molecule has 1 amide bonds. The lowest BCUT2D eigenvalue weighted by molar-refractivity contribution is -0.140. The average molecular weight is 468 g/mol. The maximum Gasteiger partial charge on any atom is 0.295 e. The first-order chi connectivity index (χ1) is 16.4. The van der Waals surface area contributed by atoms with Gasteiger partial charge in [-0.1, -0.05) is 6.07 Å². The molecule has 1 fully saturated rings. The van der Waals surface area contributed by atoms with Crippen LogP contribution in [0.5, 0.6) is 17.2 Å². The summed E-state index contributed by atoms with van der Waals surface area (Å²) in [7, 11) is 4.63. The largest absolute Gasteiger partial charge is 0.507 e. The molecule has 180 valence electrons. The second-order valence-corrected chi connectivity index (χ2v) is 8.41. The van der Waals surface area contributed by atoms with E-state index in [9.17, 15) is 14.7 Å². The van der Waals surface area contributed by atoms with Crippen molar-refractivity contribution in [1.82, 2.24) is 4.90 Å². The Morgan fingerprint density at radius 2 is 1.85 bits per heavy atom. The fourth-order valence-electron chi connectivity index (χ4n) is 4.58. The summed E-state index contributed by atoms with van der Waals surface area (Å²) >= 11 is 0. The highest BCUT2D eigenvalue weighted by Crippen LogP contribution is 2.42. The Balaban J connectivity index is 1.83. The zero-order chi connectivity index (χ0) is 24.4. The zero-order valence-electron chi connectivity index (χ0n) is 19.8. The summed E-state index contributed by atoms with van der Waals surface area (Å²) in [6.45, 7) is 2.70. The molecule has 0 unspecified atom stereocenters. The van der Waals surface area contributed by atoms with Gasteiger partial charge in [0.15, 0.2) is 11.5 Å². The van der Waals surface area contributed by atoms with Crippen LogP contribution in [0.1, 0.15) is 36.1 Å². The van der Waals surface area contributed by atoms with Gasteiger partial charge in [0.2, 0.25) is 0 Å². The second kappa shape index (κ2) is 9.77. The normalized spacial score (nSPS) is 20.9. The van der Waals surface area contributed by atoms with Crippen molar-refractivity contribution in [3.05, 3.63) is 58.7 Å². The molecule has 8 nitrogen and oxygen atoms in total. The molecule has 0 aliphatic carbocycles. The van der Waals surface area contributed by atoms with Crippen molar-refractivity contribution < 1.29 is 33.6 Å². The van der Waals surface area contributed by atoms with Gasteiger partial charge < -0.3 is 29.0 Å². The molecule has 0 radical (unpaired) electrons. The minimum absolute atomic E-state index is 0.0431. The average Bonchev–Trinajstić information content (AvgIpc) is 3.34. The summed E-state index contributed by atoms with van der Waals surface area (Å²) in [6, 6.07) is 9.75. The molecule has 2 aliphatic rings. The minimum atomic E-state index is -0.778. The molecule has 2 aromatic rings. The number of aliphatic hydroxyl groups excluding tert-OH is 1. The first kappa shape index (κ1) is 23.6. The number of ether oxygens (including phenoxy) is 4. The van der Waals surface area contributed by atoms with Crippen molar-refractivity contribution in [2.24, 2.45) is 0 Å². The highest BCUT2D eigenvalue weighted by molar-refractivity contribution is 6.46. The lowest BCUT2D eigenvalue weighted by Gasteiger charge is -2.26. The summed E-state index contributed by atoms with van der Waals surface area (Å²) in [4.78, 5) is 27.7. The van der Waals surface area contributed by atoms with E-state index in [1.165, 1.54) is 19.1 Å². The Morgan fingerprint density at radius 1 is 1.09 bits per heavy atom. The van der Waals surface area contributed by atoms with Crippen molar-refractivity contribution in [2.75, 3.05) is 34.5 Å². The van der Waals surface area contributed by atoms with Gasteiger partial charge in [-0.25, -0.2) is 0 Å². The third-order valence-corrected chi connectivity index (χ3v) is 6.18. The standard InChI is InChI=1S/C26H29NO7/c1-15-12-18-13-17(7-8-19(18)34-15)24(28)22-23(16-6-9-20(32-3)21(14-16)33-4)27(10-5-11-31-2)26(30)25(22)29/h6-9,13-15,23,28H,5,10-12H2,1-4H3/t15-,23+/m1/s1. The van der Waals surface area contributed by atoms with Crippen molar-refractivity contribution in [3.63, 3.8) is 0 Å². The van der Waals surface area contributed by atoms with Gasteiger partial charge >= 0.3 is 0 Å². The quantitative estimate of drug-likeness (QED) is 0.275. The van der Waals surface area contributed by atoms with Crippen molar-refractivity contribution in [3.8, 4) is 17.2 Å². The van der Waals surface area contributed by atoms with E-state index in [0.717, 1.165) is 11.3 Å². The van der Waals surface area contributed by atoms with Crippen LogP contribution in [-0.2, 0) is 20.7 Å². The number of rotatable bonds is 8. The molecule has 0 aromatic heterocycles. The van der Waals surface area contributed by atoms with E-state index < -0.39 is 17.7 Å². The number of Topliss-reactive ketones (excluding diaryl/α,β-unsaturated/α-hetero) is 1. The van der Waals surface area contributed by atoms with Crippen LogP contribution in [-0.4, -0.2) is 62.3 Å². The third-order valence-electron chi connectivity index (χ3n) is 6.18. The Kier molecular flexibility index (Phi) is 6.79. The number of carbonyl (C=O) groups excluding carboxylic acids is 2. The first-order valence-electron chi connectivity index (χ1n) is 11.2. The molecule has 1 N–H and O–H groups in total. The topological polar surface area (TPSA) is 94.5 Å². The molecule has 1 saturated heterocycles. The smallest absolute Gasteiger partial charge is 0.295 e. The maximum absolute atomic E-state index is 13.2. The first-order valence-corrected chi connectivity index (χ1v) is 11.2. The van der Waals surface area contributed by atoms with Gasteiger partial charge in [-0.3, -0.25) is 9.59 Å². The molecule has 8 heteroatoms. The Bertz CT molecular complexity index is 1140. The van der Waals surface area contributed by atoms with Gasteiger partial charge in [-0.15, -0.1) is 0 Å². The number of hydrogen-bond donors (Lipinski definition) is 1. The summed E-state index contributed by atoms with van der Waals surface area (Å²) < 4.78 is 21.7. The predicted molar refractivity (Wildman–Crippen MR) is 125 cm³/mol. The van der Waals surface area contributed by atoms with Crippen LogP contribution in [0.4, 0.5) is 0 Å². The number of fused-ring (bicyclic) bond motifs is 1. The van der Waals surface area contributed by atoms with Crippen molar-refractivity contribution in [1.29, 1.82) is 0 Å². The van der Waals surface area contributed by atoms with Gasteiger partial charge in [-0.2, -0.15) is 0 Å². The van der Waals surface area contributed by atoms with Crippen LogP contribution in [0.15, 0.2) is 42.0 Å². The molecule has 2 aliphatic heterocycles. The van der Waals surface area contributed by atoms with E-state index in [1.54, 1.807) is 37.4 Å². The molecule has 0 bridgehead atoms. The van der Waals surface area contributed by atoms with E-state index in [2.05, 4.69) is 0 Å². The fraction of sp³-hybridized carbons (Fsp3) is 0.385. The van der Waals surface area contributed by atoms with E-state index in [0.29, 0.717) is 48.6 Å². The number of methoxy groups -OCH3 is 3. The van der Waals surface area contributed by atoms with E-state index >= 15 is 0 Å². The van der Waals surface area contributed by atoms with Crippen LogP contribution >= 0.6 is 0 Å². The van der Waals surface area contributed by atoms with Crippen LogP contribution in [0, 0.1) is 0 Å². The summed E-state index contributed by atoms with van der Waals surface area (Å²) in [5, 5.41) is 11.3. The molecule has 0 saturated carbocycles. The van der Waals surface area contributed by atoms with Gasteiger partial charge in [0.1, 0.15) is 17.6 Å². The van der Waals surface area contributed by atoms with Crippen molar-refractivity contribution >= 4 is 17.4 Å². The number of aliphatic hydroxyl groups is 1. The molecule has 34 heavy (non-hydrogen) atoms. The highest BCUT2D eigenvalue weighted by atomic mass is 16.5. The van der Waals surface area contributed by atoms with Crippen LogP contribution in [0.2, 0.25) is 0 Å². The number of nitrogens with zero attached hydrogens (tertiary/aromatic N) is 1. The monoisotopic (exact) mass is 467 g/mol. The number of carbonyl (C=O) groups is 2. The minimum Gasteiger partial charge on any atom is -0.507 e. The maximum atomic E-state index is 13.2. The summed E-state index contributed by atoms with van der Waals surface area (Å²) in [5.74, 6) is 0.159. The number of ketones is 1. The Morgan fingerprint density at radius 3 is 2.56 bits per heavy atom. The van der Waals surface area contributed by atoms with E-state index in [-0.39, 0.29) is 17.4 Å². The van der Waals surface area contributed by atoms with Gasteiger partial charge in [0.05, 0.1) is 25.8 Å². The van der Waals surface area contributed by atoms with Gasteiger partial charge in [-0.05, 0) is 54.8 Å². The van der Waals surface area contributed by atoms with Crippen molar-refractivity contribution in [2.45, 2.75) is 31.9 Å². The third kappa shape index (κ3) is 4.21. The lowest BCUT2D eigenvalue weighted by Crippen LogP contribution is -2.31. The molecule has 0 spiro atoms. The number of amides is 1. The molecule has 4 rings (SSSR count). The van der Waals surface area contributed by atoms with Gasteiger partial charge in [0.25, 0.3) is 11.7 Å². The molecule has 2 atom stereocenters. The molecular weight excluding hydrogens is 438 g/mol. The van der Waals surface area contributed by atoms with Gasteiger partial charge in [0, 0.05) is 32.2 Å². The molecular formula is C26H29NO7. The number of likely N-dealkylation sites (tertiary alicyclic amines) is 1. The lowest BCUT2D eigenvalue weighted by atomic mass is 9.94. The Hall–Kier alpha value is -3.52. The summed E-state index contributed by atoms with van der Waals surface area (Å²) in [6.07, 6.45) is 1.30. The van der Waals surface area contributed by atoms with Crippen LogP contribution in [0.3, 0.4) is 0 Å². The fourth-order valence-corrected chi connectivity index (χ4v) is 4.58. The summed E-state index contributed by atoms with van der Waals surface area (Å²) in [5.41, 5.74) is 2.10. The van der Waals surface area contributed by atoms with Crippen LogP contribution < -0.4 is 14.2 Å². The van der Waals surface area contributed by atoms with E-state index in [1.807, 2.05) is 13.0 Å². The zero-order valence-corrected chi connectivity index (χ0v) is 19.8. The Labute approximate surface area is 198 Å². The second-order valence-electron chi connectivity index (χ2n) is 8.41. The number of hydrogen-bond acceptors (Lipinski definition) is 7. The molecule has 2 heterocycles. The highest BCUT2D eigenvalue weighted by Gasteiger charge is 2.46. The SMILES string of the molecule is COCCCN1C(=O)C(=O)C(=C(O)c2ccc3c(c2)C[C@@H](C)O3)[C@@H]1c1ccc(OC)c(OC)c1. The van der Waals surface area contributed by atoms with E-state index in [4.69, 9.17) is 18.9 Å². The molecule has 2 aromatic carbocycles. The predicted octanol–water partition coefficient (Wildman–Crippen LogP) is 3.49. The number of benzene rings is 2. The van der Waals surface area contributed by atoms with Crippen LogP contribution in [0.25, 0.3) is 5.76 Å².